The Balaban J connectivity index is 1.60. The number of carbonyl (C=O) groups is 1. The number of benzene rings is 2. The van der Waals surface area contributed by atoms with Crippen LogP contribution in [0.5, 0.6) is 11.5 Å². The summed E-state index contributed by atoms with van der Waals surface area (Å²) in [4.78, 5) is 12.7. The highest BCUT2D eigenvalue weighted by Crippen LogP contribution is 2.31. The molecule has 1 N–H and O–H groups in total. The van der Waals surface area contributed by atoms with Gasteiger partial charge in [-0.2, -0.15) is 4.31 Å². The number of sulfonamides is 1. The molecule has 1 heterocycles. The molecule has 0 unspecified atom stereocenters. The number of para-hydroxylation sites is 1. The lowest BCUT2D eigenvalue weighted by molar-refractivity contribution is -0.116. The van der Waals surface area contributed by atoms with E-state index in [4.69, 9.17) is 9.47 Å². The third kappa shape index (κ3) is 5.77. The van der Waals surface area contributed by atoms with E-state index >= 15 is 0 Å². The van der Waals surface area contributed by atoms with Crippen LogP contribution in [0.15, 0.2) is 47.4 Å². The molecule has 31 heavy (non-hydrogen) atoms. The quantitative estimate of drug-likeness (QED) is 0.666. The van der Waals surface area contributed by atoms with Crippen molar-refractivity contribution in [2.45, 2.75) is 43.4 Å². The second kappa shape index (κ2) is 10.6. The van der Waals surface area contributed by atoms with Crippen molar-refractivity contribution in [2.24, 2.45) is 0 Å². The van der Waals surface area contributed by atoms with E-state index in [-0.39, 0.29) is 17.2 Å². The Morgan fingerprint density at radius 1 is 0.968 bits per heavy atom. The van der Waals surface area contributed by atoms with Crippen LogP contribution in [0.25, 0.3) is 0 Å². The molecule has 1 fully saturated rings. The van der Waals surface area contributed by atoms with Crippen LogP contribution in [-0.2, 0) is 21.2 Å². The van der Waals surface area contributed by atoms with Gasteiger partial charge >= 0.3 is 0 Å². The molecule has 1 amide bonds. The normalized spacial score (nSPS) is 15.2. The number of ether oxygens (including phenoxy) is 2. The molecule has 1 saturated heterocycles. The molecular weight excluding hydrogens is 416 g/mol. The first-order valence-electron chi connectivity index (χ1n) is 10.6. The summed E-state index contributed by atoms with van der Waals surface area (Å²) >= 11 is 0. The molecule has 0 saturated carbocycles. The third-order valence-corrected chi connectivity index (χ3v) is 7.36. The number of hydrogen-bond acceptors (Lipinski definition) is 5. The number of nitrogens with one attached hydrogen (secondary N) is 1. The van der Waals surface area contributed by atoms with Gasteiger partial charge in [-0.15, -0.1) is 0 Å². The highest BCUT2D eigenvalue weighted by molar-refractivity contribution is 7.89. The second-order valence-corrected chi connectivity index (χ2v) is 9.48. The first-order chi connectivity index (χ1) is 15.0. The maximum atomic E-state index is 12.9. The number of hydrogen-bond donors (Lipinski definition) is 1. The Kier molecular flexibility index (Phi) is 7.92. The van der Waals surface area contributed by atoms with E-state index in [1.807, 2.05) is 18.2 Å². The third-order valence-electron chi connectivity index (χ3n) is 5.45. The van der Waals surface area contributed by atoms with Gasteiger partial charge in [0, 0.05) is 25.2 Å². The molecule has 1 aliphatic heterocycles. The summed E-state index contributed by atoms with van der Waals surface area (Å²) in [5, 5.41) is 2.83. The van der Waals surface area contributed by atoms with Crippen LogP contribution < -0.4 is 14.8 Å². The van der Waals surface area contributed by atoms with Gasteiger partial charge < -0.3 is 14.8 Å². The van der Waals surface area contributed by atoms with Crippen LogP contribution in [0.4, 0.5) is 5.69 Å². The van der Waals surface area contributed by atoms with Gasteiger partial charge in [-0.1, -0.05) is 25.0 Å². The number of methoxy groups -OCH3 is 2. The minimum absolute atomic E-state index is 0.159. The van der Waals surface area contributed by atoms with Crippen LogP contribution in [0.2, 0.25) is 0 Å². The van der Waals surface area contributed by atoms with Crippen molar-refractivity contribution < 1.29 is 22.7 Å². The highest BCUT2D eigenvalue weighted by atomic mass is 32.2. The van der Waals surface area contributed by atoms with E-state index in [0.29, 0.717) is 36.7 Å². The molecule has 7 nitrogen and oxygen atoms in total. The molecule has 0 bridgehead atoms. The Morgan fingerprint density at radius 3 is 2.26 bits per heavy atom. The standard InChI is InChI=1S/C23H30N2O5S/c1-29-21-9-7-8-18(23(21)30-2)10-15-22(26)24-19-11-13-20(14-12-19)31(27,28)25-16-5-3-4-6-17-25/h7-9,11-14H,3-6,10,15-17H2,1-2H3,(H,24,26). The molecule has 2 aromatic carbocycles. The first kappa shape index (κ1) is 23.1. The number of anilines is 1. The van der Waals surface area contributed by atoms with Gasteiger partial charge in [-0.25, -0.2) is 8.42 Å². The van der Waals surface area contributed by atoms with Gasteiger partial charge in [-0.05, 0) is 55.2 Å². The summed E-state index contributed by atoms with van der Waals surface area (Å²) in [6.07, 6.45) is 4.68. The molecule has 0 aromatic heterocycles. The monoisotopic (exact) mass is 446 g/mol. The van der Waals surface area contributed by atoms with Crippen molar-refractivity contribution in [2.75, 3.05) is 32.6 Å². The van der Waals surface area contributed by atoms with Crippen LogP contribution in [0.1, 0.15) is 37.7 Å². The van der Waals surface area contributed by atoms with E-state index in [1.165, 1.54) is 0 Å². The number of aryl methyl sites for hydroxylation is 1. The van der Waals surface area contributed by atoms with Crippen LogP contribution in [0.3, 0.4) is 0 Å². The molecule has 2 aromatic rings. The van der Waals surface area contributed by atoms with Gasteiger partial charge in [0.15, 0.2) is 11.5 Å². The highest BCUT2D eigenvalue weighted by Gasteiger charge is 2.25. The molecule has 1 aliphatic rings. The van der Waals surface area contributed by atoms with Gasteiger partial charge in [0.05, 0.1) is 19.1 Å². The smallest absolute Gasteiger partial charge is 0.243 e. The fraction of sp³-hybridized carbons (Fsp3) is 0.435. The van der Waals surface area contributed by atoms with Crippen LogP contribution >= 0.6 is 0 Å². The number of nitrogens with zero attached hydrogens (tertiary/aromatic N) is 1. The molecule has 0 aliphatic carbocycles. The van der Waals surface area contributed by atoms with Crippen molar-refractivity contribution >= 4 is 21.6 Å². The topological polar surface area (TPSA) is 84.9 Å². The zero-order valence-corrected chi connectivity index (χ0v) is 18.9. The summed E-state index contributed by atoms with van der Waals surface area (Å²) < 4.78 is 38.0. The van der Waals surface area contributed by atoms with E-state index in [1.54, 1.807) is 42.8 Å². The second-order valence-electron chi connectivity index (χ2n) is 7.54. The van der Waals surface area contributed by atoms with E-state index < -0.39 is 10.0 Å². The minimum atomic E-state index is -3.50. The average Bonchev–Trinajstić information content (AvgIpc) is 3.08. The predicted octanol–water partition coefficient (Wildman–Crippen LogP) is 3.84. The largest absolute Gasteiger partial charge is 0.493 e. The number of rotatable bonds is 8. The minimum Gasteiger partial charge on any atom is -0.493 e. The van der Waals surface area contributed by atoms with Crippen LogP contribution in [0, 0.1) is 0 Å². The van der Waals surface area contributed by atoms with Crippen molar-refractivity contribution in [3.05, 3.63) is 48.0 Å². The van der Waals surface area contributed by atoms with Crippen molar-refractivity contribution in [1.29, 1.82) is 0 Å². The van der Waals surface area contributed by atoms with Crippen LogP contribution in [-0.4, -0.2) is 45.9 Å². The molecule has 8 heteroatoms. The average molecular weight is 447 g/mol. The van der Waals surface area contributed by atoms with Gasteiger partial charge in [0.1, 0.15) is 0 Å². The summed E-state index contributed by atoms with van der Waals surface area (Å²) in [6, 6.07) is 11.9. The lowest BCUT2D eigenvalue weighted by atomic mass is 10.1. The zero-order chi connectivity index (χ0) is 22.3. The van der Waals surface area contributed by atoms with Gasteiger partial charge in [0.2, 0.25) is 15.9 Å². The molecular formula is C23H30N2O5S. The Morgan fingerprint density at radius 2 is 1.65 bits per heavy atom. The summed E-state index contributed by atoms with van der Waals surface area (Å²) in [6.45, 7) is 1.13. The Labute approximate surface area is 184 Å². The lowest BCUT2D eigenvalue weighted by Gasteiger charge is -2.20. The lowest BCUT2D eigenvalue weighted by Crippen LogP contribution is -2.31. The molecule has 0 spiro atoms. The van der Waals surface area contributed by atoms with E-state index in [9.17, 15) is 13.2 Å². The summed E-state index contributed by atoms with van der Waals surface area (Å²) in [7, 11) is -0.350. The summed E-state index contributed by atoms with van der Waals surface area (Å²) in [5.41, 5.74) is 1.45. The maximum Gasteiger partial charge on any atom is 0.243 e. The molecule has 0 atom stereocenters. The summed E-state index contributed by atoms with van der Waals surface area (Å²) in [5.74, 6) is 1.09. The fourth-order valence-electron chi connectivity index (χ4n) is 3.76. The number of amides is 1. The van der Waals surface area contributed by atoms with Gasteiger partial charge in [-0.3, -0.25) is 4.79 Å². The predicted molar refractivity (Wildman–Crippen MR) is 120 cm³/mol. The van der Waals surface area contributed by atoms with Crippen molar-refractivity contribution in [1.82, 2.24) is 4.31 Å². The van der Waals surface area contributed by atoms with Crippen molar-refractivity contribution in [3.63, 3.8) is 0 Å². The molecule has 3 rings (SSSR count). The Bertz CT molecular complexity index is 982. The first-order valence-corrected chi connectivity index (χ1v) is 12.0. The SMILES string of the molecule is COc1cccc(CCC(=O)Nc2ccc(S(=O)(=O)N3CCCCCC3)cc2)c1OC. The zero-order valence-electron chi connectivity index (χ0n) is 18.1. The van der Waals surface area contributed by atoms with E-state index in [2.05, 4.69) is 5.32 Å². The molecule has 168 valence electrons. The van der Waals surface area contributed by atoms with E-state index in [0.717, 1.165) is 31.2 Å². The number of carbonyl (C=O) groups excluding carboxylic acids is 1. The molecule has 0 radical (unpaired) electrons. The maximum absolute atomic E-state index is 12.9. The van der Waals surface area contributed by atoms with Crippen molar-refractivity contribution in [3.8, 4) is 11.5 Å². The fourth-order valence-corrected chi connectivity index (χ4v) is 5.28. The Hall–Kier alpha value is -2.58. The van der Waals surface area contributed by atoms with Gasteiger partial charge in [0.25, 0.3) is 0 Å².